The maximum absolute atomic E-state index is 12.9. The summed E-state index contributed by atoms with van der Waals surface area (Å²) in [6, 6.07) is 9.06. The summed E-state index contributed by atoms with van der Waals surface area (Å²) in [5.41, 5.74) is 1.83. The highest BCUT2D eigenvalue weighted by molar-refractivity contribution is 5.99. The van der Waals surface area contributed by atoms with Gasteiger partial charge in [0.1, 0.15) is 5.60 Å². The molecule has 1 aliphatic heterocycles. The van der Waals surface area contributed by atoms with E-state index in [9.17, 15) is 14.7 Å². The maximum Gasteiger partial charge on any atom is 0.270 e. The highest BCUT2D eigenvalue weighted by Gasteiger charge is 2.36. The Morgan fingerprint density at radius 1 is 1.12 bits per heavy atom. The molecule has 1 aromatic carbocycles. The Bertz CT molecular complexity index is 579. The zero-order valence-corrected chi connectivity index (χ0v) is 15.9. The third-order valence-electron chi connectivity index (χ3n) is 4.78. The number of aliphatic hydroxyl groups is 1. The van der Waals surface area contributed by atoms with Crippen molar-refractivity contribution in [1.82, 2.24) is 10.3 Å². The molecule has 1 heterocycles. The van der Waals surface area contributed by atoms with Crippen molar-refractivity contribution < 1.29 is 14.7 Å². The standard InChI is InChI=1S/C20H31N3O3/c1-3-12-20(26,13-4-2)19(25)21-23(17-10-6-5-7-11-17)18(24)16-22-14-8-9-15-22/h5-7,10-11,26H,3-4,8-9,12-16H2,1-2H3,(H,21,25). The van der Waals surface area contributed by atoms with E-state index in [-0.39, 0.29) is 12.5 Å². The van der Waals surface area contributed by atoms with Crippen LogP contribution in [0.25, 0.3) is 0 Å². The number of carbonyl (C=O) groups is 2. The molecule has 0 saturated carbocycles. The van der Waals surface area contributed by atoms with E-state index in [0.29, 0.717) is 31.4 Å². The van der Waals surface area contributed by atoms with Crippen LogP contribution in [0.15, 0.2) is 30.3 Å². The van der Waals surface area contributed by atoms with Crippen molar-refractivity contribution in [2.24, 2.45) is 0 Å². The van der Waals surface area contributed by atoms with Gasteiger partial charge in [-0.1, -0.05) is 44.9 Å². The number of para-hydroxylation sites is 1. The van der Waals surface area contributed by atoms with E-state index in [1.165, 1.54) is 5.01 Å². The first kappa shape index (κ1) is 20.4. The number of rotatable bonds is 8. The molecular weight excluding hydrogens is 330 g/mol. The molecule has 0 unspecified atom stereocenters. The second-order valence-electron chi connectivity index (χ2n) is 7.02. The van der Waals surface area contributed by atoms with Gasteiger partial charge in [0.25, 0.3) is 11.8 Å². The van der Waals surface area contributed by atoms with Crippen LogP contribution in [0.4, 0.5) is 5.69 Å². The van der Waals surface area contributed by atoms with Crippen molar-refractivity contribution in [2.75, 3.05) is 24.6 Å². The van der Waals surface area contributed by atoms with Gasteiger partial charge >= 0.3 is 0 Å². The van der Waals surface area contributed by atoms with E-state index < -0.39 is 11.5 Å². The fraction of sp³-hybridized carbons (Fsp3) is 0.600. The van der Waals surface area contributed by atoms with Crippen LogP contribution in [0.5, 0.6) is 0 Å². The van der Waals surface area contributed by atoms with Crippen LogP contribution in [0, 0.1) is 0 Å². The number of benzene rings is 1. The normalized spacial score (nSPS) is 15.0. The van der Waals surface area contributed by atoms with Crippen molar-refractivity contribution in [3.8, 4) is 0 Å². The minimum Gasteiger partial charge on any atom is -0.380 e. The molecule has 144 valence electrons. The van der Waals surface area contributed by atoms with E-state index in [1.54, 1.807) is 12.1 Å². The molecule has 2 amide bonds. The second-order valence-corrected chi connectivity index (χ2v) is 7.02. The predicted molar refractivity (Wildman–Crippen MR) is 103 cm³/mol. The fourth-order valence-electron chi connectivity index (χ4n) is 3.44. The summed E-state index contributed by atoms with van der Waals surface area (Å²) >= 11 is 0. The Hall–Kier alpha value is -1.92. The van der Waals surface area contributed by atoms with Gasteiger partial charge in [-0.25, -0.2) is 5.01 Å². The van der Waals surface area contributed by atoms with Crippen molar-refractivity contribution in [3.05, 3.63) is 30.3 Å². The van der Waals surface area contributed by atoms with Crippen molar-refractivity contribution in [2.45, 2.75) is 58.0 Å². The number of amides is 2. The first-order valence-corrected chi connectivity index (χ1v) is 9.64. The first-order valence-electron chi connectivity index (χ1n) is 9.64. The number of likely N-dealkylation sites (tertiary alicyclic amines) is 1. The minimum atomic E-state index is -1.45. The average molecular weight is 361 g/mol. The number of nitrogens with one attached hydrogen (secondary N) is 1. The van der Waals surface area contributed by atoms with Gasteiger partial charge in [-0.3, -0.25) is 19.9 Å². The summed E-state index contributed by atoms with van der Waals surface area (Å²) in [4.78, 5) is 27.8. The molecule has 0 atom stereocenters. The van der Waals surface area contributed by atoms with E-state index in [0.717, 1.165) is 25.9 Å². The summed E-state index contributed by atoms with van der Waals surface area (Å²) in [6.45, 7) is 5.92. The fourth-order valence-corrected chi connectivity index (χ4v) is 3.44. The topological polar surface area (TPSA) is 72.9 Å². The zero-order valence-electron chi connectivity index (χ0n) is 15.9. The van der Waals surface area contributed by atoms with Crippen LogP contribution in [0.2, 0.25) is 0 Å². The zero-order chi connectivity index (χ0) is 19.0. The van der Waals surface area contributed by atoms with Gasteiger partial charge in [-0.05, 0) is 50.9 Å². The molecule has 0 spiro atoms. The monoisotopic (exact) mass is 361 g/mol. The molecule has 0 aliphatic carbocycles. The highest BCUT2D eigenvalue weighted by atomic mass is 16.3. The van der Waals surface area contributed by atoms with Crippen LogP contribution in [-0.2, 0) is 9.59 Å². The third kappa shape index (κ3) is 5.29. The summed E-state index contributed by atoms with van der Waals surface area (Å²) < 4.78 is 0. The Morgan fingerprint density at radius 2 is 1.69 bits per heavy atom. The van der Waals surface area contributed by atoms with Gasteiger partial charge < -0.3 is 5.11 Å². The molecule has 2 N–H and O–H groups in total. The molecule has 0 bridgehead atoms. The van der Waals surface area contributed by atoms with E-state index in [4.69, 9.17) is 0 Å². The SMILES string of the molecule is CCCC(O)(CCC)C(=O)NN(C(=O)CN1CCCC1)c1ccccc1. The molecule has 1 saturated heterocycles. The van der Waals surface area contributed by atoms with Crippen LogP contribution in [0.1, 0.15) is 52.4 Å². The molecule has 0 aromatic heterocycles. The Kier molecular flexibility index (Phi) is 7.60. The van der Waals surface area contributed by atoms with Gasteiger partial charge in [0.05, 0.1) is 12.2 Å². The third-order valence-corrected chi connectivity index (χ3v) is 4.78. The van der Waals surface area contributed by atoms with Crippen molar-refractivity contribution in [1.29, 1.82) is 0 Å². The molecule has 1 fully saturated rings. The molecule has 1 aliphatic rings. The Morgan fingerprint density at radius 3 is 2.23 bits per heavy atom. The van der Waals surface area contributed by atoms with Crippen LogP contribution in [-0.4, -0.2) is 47.1 Å². The number of carbonyl (C=O) groups excluding carboxylic acids is 2. The lowest BCUT2D eigenvalue weighted by Crippen LogP contribution is -2.57. The highest BCUT2D eigenvalue weighted by Crippen LogP contribution is 2.21. The van der Waals surface area contributed by atoms with Gasteiger partial charge in [0.2, 0.25) is 0 Å². The average Bonchev–Trinajstić information content (AvgIpc) is 3.13. The van der Waals surface area contributed by atoms with Crippen LogP contribution < -0.4 is 10.4 Å². The van der Waals surface area contributed by atoms with E-state index in [1.807, 2.05) is 32.0 Å². The largest absolute Gasteiger partial charge is 0.380 e. The summed E-state index contributed by atoms with van der Waals surface area (Å²) in [7, 11) is 0. The minimum absolute atomic E-state index is 0.193. The van der Waals surface area contributed by atoms with Gasteiger partial charge in [-0.2, -0.15) is 0 Å². The van der Waals surface area contributed by atoms with Gasteiger partial charge in [0, 0.05) is 0 Å². The Labute approximate surface area is 156 Å². The lowest BCUT2D eigenvalue weighted by atomic mass is 9.92. The van der Waals surface area contributed by atoms with Crippen molar-refractivity contribution in [3.63, 3.8) is 0 Å². The van der Waals surface area contributed by atoms with Gasteiger partial charge in [-0.15, -0.1) is 0 Å². The Balaban J connectivity index is 2.17. The maximum atomic E-state index is 12.9. The van der Waals surface area contributed by atoms with E-state index in [2.05, 4.69) is 10.3 Å². The number of nitrogens with zero attached hydrogens (tertiary/aromatic N) is 2. The first-order chi connectivity index (χ1) is 12.5. The number of anilines is 1. The molecular formula is C20H31N3O3. The lowest BCUT2D eigenvalue weighted by Gasteiger charge is -2.31. The quantitative estimate of drug-likeness (QED) is 0.698. The van der Waals surface area contributed by atoms with E-state index >= 15 is 0 Å². The molecule has 26 heavy (non-hydrogen) atoms. The number of hydrogen-bond donors (Lipinski definition) is 2. The predicted octanol–water partition coefficient (Wildman–Crippen LogP) is 2.48. The van der Waals surface area contributed by atoms with Gasteiger partial charge in [0.15, 0.2) is 0 Å². The molecule has 2 rings (SSSR count). The summed E-state index contributed by atoms with van der Waals surface area (Å²) in [6.07, 6.45) is 4.31. The number of hydrogen-bond acceptors (Lipinski definition) is 4. The number of hydrazine groups is 1. The molecule has 6 heteroatoms. The molecule has 6 nitrogen and oxygen atoms in total. The van der Waals surface area contributed by atoms with Crippen molar-refractivity contribution >= 4 is 17.5 Å². The molecule has 0 radical (unpaired) electrons. The van der Waals surface area contributed by atoms with Crippen LogP contribution in [0.3, 0.4) is 0 Å². The molecule has 1 aromatic rings. The second kappa shape index (κ2) is 9.69. The summed E-state index contributed by atoms with van der Waals surface area (Å²) in [5.74, 6) is -0.707. The summed E-state index contributed by atoms with van der Waals surface area (Å²) in [5, 5.41) is 12.1. The van der Waals surface area contributed by atoms with Crippen LogP contribution >= 0.6 is 0 Å². The lowest BCUT2D eigenvalue weighted by molar-refractivity contribution is -0.143. The smallest absolute Gasteiger partial charge is 0.270 e.